The molecule has 13 heteroatoms. The average molecular weight is 645 g/mol. The van der Waals surface area contributed by atoms with E-state index < -0.39 is 71.3 Å². The zero-order valence-electron chi connectivity index (χ0n) is 25.3. The van der Waals surface area contributed by atoms with Crippen LogP contribution in [0, 0.1) is 43.0 Å². The molecule has 0 unspecified atom stereocenters. The van der Waals surface area contributed by atoms with Gasteiger partial charge in [0, 0.05) is 12.0 Å². The highest BCUT2D eigenvalue weighted by molar-refractivity contribution is 6.25. The number of benzene rings is 3. The number of amides is 3. The summed E-state index contributed by atoms with van der Waals surface area (Å²) in [5, 5.41) is 14.8. The Hall–Kier alpha value is -5.20. The van der Waals surface area contributed by atoms with Crippen LogP contribution in [0.5, 0.6) is 0 Å². The summed E-state index contributed by atoms with van der Waals surface area (Å²) < 4.78 is 57.2. The first-order chi connectivity index (χ1) is 22.5. The van der Waals surface area contributed by atoms with Crippen molar-refractivity contribution in [1.82, 2.24) is 10.0 Å². The number of nitrogens with zero attached hydrogens (tertiary/aromatic N) is 6. The van der Waals surface area contributed by atoms with Crippen LogP contribution < -0.4 is 4.90 Å². The first-order valence-electron chi connectivity index (χ1n) is 15.2. The lowest BCUT2D eigenvalue weighted by atomic mass is 9.77. The molecule has 3 amide bonds. The molecular weight excluding hydrogens is 616 g/mol. The highest BCUT2D eigenvalue weighted by Gasteiger charge is 2.57. The van der Waals surface area contributed by atoms with Crippen molar-refractivity contribution in [3.05, 3.63) is 106 Å². The van der Waals surface area contributed by atoms with E-state index in [4.69, 9.17) is 5.10 Å². The third-order valence-electron chi connectivity index (χ3n) is 9.06. The van der Waals surface area contributed by atoms with Gasteiger partial charge in [-0.25, -0.2) is 27.5 Å². The third kappa shape index (κ3) is 5.09. The van der Waals surface area contributed by atoms with E-state index >= 15 is 0 Å². The Morgan fingerprint density at radius 1 is 0.894 bits per heavy atom. The fraction of sp³-hybridized carbons (Fsp3) is 0.294. The lowest BCUT2D eigenvalue weighted by molar-refractivity contribution is -0.136. The molecule has 3 aliphatic heterocycles. The largest absolute Gasteiger partial charge is 0.271 e. The van der Waals surface area contributed by atoms with Gasteiger partial charge in [-0.15, -0.1) is 0 Å². The Bertz CT molecular complexity index is 1880. The van der Waals surface area contributed by atoms with Gasteiger partial charge in [-0.1, -0.05) is 64.9 Å². The maximum absolute atomic E-state index is 14.6. The van der Waals surface area contributed by atoms with Gasteiger partial charge in [-0.3, -0.25) is 19.4 Å². The van der Waals surface area contributed by atoms with E-state index in [1.54, 1.807) is 0 Å². The summed E-state index contributed by atoms with van der Waals surface area (Å²) in [6.45, 7) is 3.42. The molecule has 3 aromatic carbocycles. The summed E-state index contributed by atoms with van der Waals surface area (Å²) in [7, 11) is 0. The van der Waals surface area contributed by atoms with E-state index in [1.807, 2.05) is 62.4 Å². The monoisotopic (exact) mass is 644 g/mol. The normalized spacial score (nSPS) is 24.3. The molecule has 3 heterocycles. The van der Waals surface area contributed by atoms with Crippen LogP contribution in [0.1, 0.15) is 47.6 Å². The second-order valence-corrected chi connectivity index (χ2v) is 12.2. The lowest BCUT2D eigenvalue weighted by Crippen LogP contribution is -2.45. The first-order valence-corrected chi connectivity index (χ1v) is 15.2. The topological polar surface area (TPSA) is 98.0 Å². The minimum atomic E-state index is -1.91. The SMILES string of the molecule is Cc1ccc(/C=C2/CCC[C@@H]3C2=NN(C(=O)CN2N=N[C@@H]4C(=O)N(c5c(F)c(F)cc(F)c5F)C(=O)[C@H]42)[C@@H]3c2ccc(C)cc2)cc1. The number of rotatable bonds is 5. The van der Waals surface area contributed by atoms with E-state index in [0.717, 1.165) is 57.8 Å². The number of anilines is 1. The summed E-state index contributed by atoms with van der Waals surface area (Å²) in [5.41, 5.74) is 4.37. The Morgan fingerprint density at radius 3 is 2.19 bits per heavy atom. The highest BCUT2D eigenvalue weighted by atomic mass is 19.2. The van der Waals surface area contributed by atoms with Crippen molar-refractivity contribution in [2.45, 2.75) is 51.2 Å². The number of hydrazone groups is 1. The zero-order valence-corrected chi connectivity index (χ0v) is 25.3. The zero-order chi connectivity index (χ0) is 33.1. The van der Waals surface area contributed by atoms with Crippen LogP contribution in [0.15, 0.2) is 75.6 Å². The lowest BCUT2D eigenvalue weighted by Gasteiger charge is -2.30. The minimum Gasteiger partial charge on any atom is -0.271 e. The van der Waals surface area contributed by atoms with Gasteiger partial charge in [0.2, 0.25) is 0 Å². The number of hydrogen-bond donors (Lipinski definition) is 0. The van der Waals surface area contributed by atoms with Crippen molar-refractivity contribution in [1.29, 1.82) is 0 Å². The van der Waals surface area contributed by atoms with Gasteiger partial charge in [0.1, 0.15) is 12.2 Å². The molecule has 4 atom stereocenters. The molecule has 4 aliphatic rings. The maximum Gasteiger partial charge on any atom is 0.264 e. The molecular formula is C34H28F4N6O3. The average Bonchev–Trinajstić information content (AvgIpc) is 3.72. The standard InChI is InChI=1S/C34H28F4N6O3/c1-17-6-10-19(11-7-17)14-21-4-3-5-22-28(21)40-44(30(22)20-12-8-18(2)9-13-20)25(45)16-42-32-29(39-41-42)33(46)43(34(32)47)31-26(37)23(35)15-24(36)27(31)38/h6-15,22,29-30,32H,3-5,16H2,1-2H3/b21-14-/t22-,29+,30-,32+/m1/s1. The maximum atomic E-state index is 14.6. The summed E-state index contributed by atoms with van der Waals surface area (Å²) in [6, 6.07) is 12.3. The van der Waals surface area contributed by atoms with Crippen LogP contribution in [-0.2, 0) is 14.4 Å². The molecule has 0 bridgehead atoms. The number of carbonyl (C=O) groups is 3. The van der Waals surface area contributed by atoms with E-state index in [-0.39, 0.29) is 16.9 Å². The van der Waals surface area contributed by atoms with Gasteiger partial charge in [-0.05, 0) is 55.9 Å². The summed E-state index contributed by atoms with van der Waals surface area (Å²) in [4.78, 5) is 40.6. The first kappa shape index (κ1) is 30.5. The number of halogens is 4. The molecule has 0 N–H and O–H groups in total. The molecule has 3 aromatic rings. The molecule has 0 spiro atoms. The second-order valence-electron chi connectivity index (χ2n) is 12.2. The number of aryl methyl sites for hydroxylation is 2. The highest BCUT2D eigenvalue weighted by Crippen LogP contribution is 2.45. The predicted molar refractivity (Wildman–Crippen MR) is 163 cm³/mol. The van der Waals surface area contributed by atoms with Gasteiger partial charge >= 0.3 is 0 Å². The molecule has 0 radical (unpaired) electrons. The fourth-order valence-electron chi connectivity index (χ4n) is 6.71. The molecule has 2 fully saturated rings. The molecule has 0 aromatic heterocycles. The Kier molecular flexibility index (Phi) is 7.48. The van der Waals surface area contributed by atoms with Gasteiger partial charge in [0.05, 0.1) is 11.8 Å². The van der Waals surface area contributed by atoms with Gasteiger partial charge in [0.25, 0.3) is 17.7 Å². The van der Waals surface area contributed by atoms with Crippen LogP contribution in [0.3, 0.4) is 0 Å². The Balaban J connectivity index is 1.20. The van der Waals surface area contributed by atoms with Crippen LogP contribution in [0.25, 0.3) is 6.08 Å². The van der Waals surface area contributed by atoms with Crippen molar-refractivity contribution in [2.75, 3.05) is 11.4 Å². The molecule has 240 valence electrons. The molecule has 9 nitrogen and oxygen atoms in total. The number of hydrogen-bond acceptors (Lipinski definition) is 7. The van der Waals surface area contributed by atoms with Crippen LogP contribution in [-0.4, -0.2) is 52.1 Å². The summed E-state index contributed by atoms with van der Waals surface area (Å²) in [5.74, 6) is -10.5. The molecule has 7 rings (SSSR count). The fourth-order valence-corrected chi connectivity index (χ4v) is 6.71. The Labute approximate surface area is 266 Å². The van der Waals surface area contributed by atoms with Gasteiger partial charge in [-0.2, -0.15) is 10.2 Å². The molecule has 1 saturated carbocycles. The van der Waals surface area contributed by atoms with Crippen LogP contribution in [0.2, 0.25) is 0 Å². The second kappa shape index (κ2) is 11.6. The van der Waals surface area contributed by atoms with Crippen molar-refractivity contribution in [3.63, 3.8) is 0 Å². The Morgan fingerprint density at radius 2 is 1.53 bits per heavy atom. The number of carbonyl (C=O) groups excluding carboxylic acids is 3. The van der Waals surface area contributed by atoms with Crippen LogP contribution >= 0.6 is 0 Å². The van der Waals surface area contributed by atoms with E-state index in [1.165, 1.54) is 5.01 Å². The molecule has 1 aliphatic carbocycles. The van der Waals surface area contributed by atoms with E-state index in [2.05, 4.69) is 16.4 Å². The van der Waals surface area contributed by atoms with Crippen LogP contribution in [0.4, 0.5) is 23.2 Å². The van der Waals surface area contributed by atoms with E-state index in [0.29, 0.717) is 0 Å². The van der Waals surface area contributed by atoms with Crippen molar-refractivity contribution >= 4 is 35.2 Å². The number of imide groups is 1. The van der Waals surface area contributed by atoms with Crippen molar-refractivity contribution in [3.8, 4) is 0 Å². The molecule has 1 saturated heterocycles. The number of allylic oxidation sites excluding steroid dienone is 1. The van der Waals surface area contributed by atoms with Gasteiger partial charge < -0.3 is 0 Å². The smallest absolute Gasteiger partial charge is 0.264 e. The van der Waals surface area contributed by atoms with E-state index in [9.17, 15) is 31.9 Å². The predicted octanol–water partition coefficient (Wildman–Crippen LogP) is 5.98. The van der Waals surface area contributed by atoms with Crippen molar-refractivity contribution < 1.29 is 31.9 Å². The summed E-state index contributed by atoms with van der Waals surface area (Å²) >= 11 is 0. The third-order valence-corrected chi connectivity index (χ3v) is 9.06. The van der Waals surface area contributed by atoms with Gasteiger partial charge in [0.15, 0.2) is 35.4 Å². The quantitative estimate of drug-likeness (QED) is 0.194. The number of fused-ring (bicyclic) bond motifs is 2. The summed E-state index contributed by atoms with van der Waals surface area (Å²) in [6.07, 6.45) is 4.52. The molecule has 47 heavy (non-hydrogen) atoms. The van der Waals surface area contributed by atoms with Crippen molar-refractivity contribution in [2.24, 2.45) is 21.4 Å². The minimum absolute atomic E-state index is 0.0221.